The molecule has 0 unspecified atom stereocenters. The number of nitrogens with zero attached hydrogens (tertiary/aromatic N) is 1. The number of hydrogen-bond acceptors (Lipinski definition) is 2. The molecule has 1 aliphatic heterocycles. The zero-order valence-corrected chi connectivity index (χ0v) is 14.8. The van der Waals surface area contributed by atoms with E-state index in [4.69, 9.17) is 0 Å². The molecular formula is C20H22BrNO. The van der Waals surface area contributed by atoms with Crippen molar-refractivity contribution in [3.63, 3.8) is 0 Å². The molecule has 120 valence electrons. The molecule has 2 aromatic rings. The van der Waals surface area contributed by atoms with Crippen molar-refractivity contribution in [3.8, 4) is 0 Å². The topological polar surface area (TPSA) is 20.3 Å². The van der Waals surface area contributed by atoms with Crippen molar-refractivity contribution in [2.45, 2.75) is 31.7 Å². The smallest absolute Gasteiger partial charge is 0.164 e. The summed E-state index contributed by atoms with van der Waals surface area (Å²) in [4.78, 5) is 15.2. The van der Waals surface area contributed by atoms with Gasteiger partial charge in [-0.15, -0.1) is 0 Å². The second-order valence-electron chi connectivity index (χ2n) is 6.16. The van der Waals surface area contributed by atoms with Crippen LogP contribution in [-0.2, 0) is 0 Å². The van der Waals surface area contributed by atoms with Crippen LogP contribution >= 0.6 is 15.9 Å². The predicted molar refractivity (Wildman–Crippen MR) is 97.7 cm³/mol. The normalized spacial score (nSPS) is 16.9. The summed E-state index contributed by atoms with van der Waals surface area (Å²) in [6.07, 6.45) is 4.32. The zero-order chi connectivity index (χ0) is 16.1. The fraction of sp³-hybridized carbons (Fsp3) is 0.350. The Labute approximate surface area is 146 Å². The molecule has 3 rings (SSSR count). The van der Waals surface area contributed by atoms with Crippen LogP contribution in [0.15, 0.2) is 59.1 Å². The lowest BCUT2D eigenvalue weighted by atomic mass is 9.95. The molecule has 0 radical (unpaired) electrons. The number of piperidine rings is 1. The van der Waals surface area contributed by atoms with Crippen molar-refractivity contribution in [2.24, 2.45) is 0 Å². The minimum atomic E-state index is 0.188. The lowest BCUT2D eigenvalue weighted by molar-refractivity contribution is 0.0895. The van der Waals surface area contributed by atoms with Crippen molar-refractivity contribution in [3.05, 3.63) is 70.2 Å². The van der Waals surface area contributed by atoms with Gasteiger partial charge in [-0.1, -0.05) is 64.8 Å². The van der Waals surface area contributed by atoms with E-state index >= 15 is 0 Å². The predicted octanol–water partition coefficient (Wildman–Crippen LogP) is 5.25. The van der Waals surface area contributed by atoms with Gasteiger partial charge in [-0.25, -0.2) is 0 Å². The van der Waals surface area contributed by atoms with E-state index in [0.29, 0.717) is 6.42 Å². The lowest BCUT2D eigenvalue weighted by Gasteiger charge is -2.34. The van der Waals surface area contributed by atoms with Gasteiger partial charge in [0, 0.05) is 22.5 Å². The van der Waals surface area contributed by atoms with Gasteiger partial charge in [0.2, 0.25) is 0 Å². The van der Waals surface area contributed by atoms with Crippen molar-refractivity contribution in [1.29, 1.82) is 0 Å². The molecular weight excluding hydrogens is 350 g/mol. The first-order valence-corrected chi connectivity index (χ1v) is 9.11. The maximum atomic E-state index is 12.7. The quantitative estimate of drug-likeness (QED) is 0.669. The first kappa shape index (κ1) is 16.4. The van der Waals surface area contributed by atoms with Gasteiger partial charge in [-0.2, -0.15) is 0 Å². The Balaban J connectivity index is 1.80. The third-order valence-corrected chi connectivity index (χ3v) is 5.09. The van der Waals surface area contributed by atoms with E-state index in [9.17, 15) is 4.79 Å². The summed E-state index contributed by atoms with van der Waals surface area (Å²) in [6, 6.07) is 18.3. The number of benzene rings is 2. The summed E-state index contributed by atoms with van der Waals surface area (Å²) < 4.78 is 1.00. The Bertz CT molecular complexity index is 632. The molecule has 2 aromatic carbocycles. The van der Waals surface area contributed by atoms with Crippen LogP contribution in [0.1, 0.15) is 47.6 Å². The maximum absolute atomic E-state index is 12.7. The molecule has 1 fully saturated rings. The Morgan fingerprint density at radius 3 is 2.26 bits per heavy atom. The molecule has 0 N–H and O–H groups in total. The Hall–Kier alpha value is -1.45. The van der Waals surface area contributed by atoms with Crippen molar-refractivity contribution >= 4 is 21.7 Å². The minimum Gasteiger partial charge on any atom is -0.296 e. The SMILES string of the molecule is O=C(C[C@@H](c1ccccc1)N1CCCCC1)c1ccc(Br)cc1. The summed E-state index contributed by atoms with van der Waals surface area (Å²) in [5, 5.41) is 0. The van der Waals surface area contributed by atoms with Gasteiger partial charge in [0.05, 0.1) is 0 Å². The van der Waals surface area contributed by atoms with Crippen molar-refractivity contribution in [1.82, 2.24) is 4.90 Å². The fourth-order valence-electron chi connectivity index (χ4n) is 3.29. The van der Waals surface area contributed by atoms with Crippen LogP contribution < -0.4 is 0 Å². The number of likely N-dealkylation sites (tertiary alicyclic amines) is 1. The van der Waals surface area contributed by atoms with Crippen LogP contribution in [0.25, 0.3) is 0 Å². The van der Waals surface area contributed by atoms with Crippen LogP contribution in [-0.4, -0.2) is 23.8 Å². The number of Topliss-reactive ketones (excluding diaryl/α,β-unsaturated/α-hetero) is 1. The van der Waals surface area contributed by atoms with Gasteiger partial charge in [0.25, 0.3) is 0 Å². The lowest BCUT2D eigenvalue weighted by Crippen LogP contribution is -2.35. The van der Waals surface area contributed by atoms with Crippen LogP contribution in [0.3, 0.4) is 0 Å². The first-order valence-electron chi connectivity index (χ1n) is 8.32. The summed E-state index contributed by atoms with van der Waals surface area (Å²) >= 11 is 3.43. The Morgan fingerprint density at radius 2 is 1.61 bits per heavy atom. The molecule has 23 heavy (non-hydrogen) atoms. The molecule has 0 amide bonds. The van der Waals surface area contributed by atoms with Crippen molar-refractivity contribution < 1.29 is 4.79 Å². The summed E-state index contributed by atoms with van der Waals surface area (Å²) in [5.74, 6) is 0.219. The molecule has 0 aliphatic carbocycles. The van der Waals surface area contributed by atoms with Crippen LogP contribution in [0, 0.1) is 0 Å². The minimum absolute atomic E-state index is 0.188. The second kappa shape index (κ2) is 7.89. The number of ketones is 1. The average molecular weight is 372 g/mol. The first-order chi connectivity index (χ1) is 11.2. The highest BCUT2D eigenvalue weighted by Gasteiger charge is 2.25. The third kappa shape index (κ3) is 4.30. The van der Waals surface area contributed by atoms with E-state index in [-0.39, 0.29) is 11.8 Å². The van der Waals surface area contributed by atoms with Gasteiger partial charge in [-0.3, -0.25) is 9.69 Å². The van der Waals surface area contributed by atoms with Gasteiger partial charge < -0.3 is 0 Å². The molecule has 0 saturated carbocycles. The summed E-state index contributed by atoms with van der Waals surface area (Å²) in [6.45, 7) is 2.18. The van der Waals surface area contributed by atoms with E-state index in [1.54, 1.807) is 0 Å². The molecule has 0 bridgehead atoms. The van der Waals surface area contributed by atoms with Gasteiger partial charge >= 0.3 is 0 Å². The van der Waals surface area contributed by atoms with Crippen LogP contribution in [0.5, 0.6) is 0 Å². The van der Waals surface area contributed by atoms with Gasteiger partial charge in [0.1, 0.15) is 0 Å². The highest BCUT2D eigenvalue weighted by molar-refractivity contribution is 9.10. The van der Waals surface area contributed by atoms with E-state index in [1.165, 1.54) is 24.8 Å². The van der Waals surface area contributed by atoms with Crippen molar-refractivity contribution in [2.75, 3.05) is 13.1 Å². The number of carbonyl (C=O) groups is 1. The van der Waals surface area contributed by atoms with Crippen LogP contribution in [0.2, 0.25) is 0 Å². The zero-order valence-electron chi connectivity index (χ0n) is 13.2. The molecule has 3 heteroatoms. The van der Waals surface area contributed by atoms with Gasteiger partial charge in [0.15, 0.2) is 5.78 Å². The third-order valence-electron chi connectivity index (χ3n) is 4.56. The van der Waals surface area contributed by atoms with E-state index < -0.39 is 0 Å². The highest BCUT2D eigenvalue weighted by atomic mass is 79.9. The van der Waals surface area contributed by atoms with Gasteiger partial charge in [-0.05, 0) is 43.6 Å². The highest BCUT2D eigenvalue weighted by Crippen LogP contribution is 2.29. The number of halogens is 1. The largest absolute Gasteiger partial charge is 0.296 e. The fourth-order valence-corrected chi connectivity index (χ4v) is 3.56. The molecule has 2 nitrogen and oxygen atoms in total. The standard InChI is InChI=1S/C20H22BrNO/c21-18-11-9-17(10-12-18)20(23)15-19(16-7-3-1-4-8-16)22-13-5-2-6-14-22/h1,3-4,7-12,19H,2,5-6,13-15H2/t19-/m0/s1. The molecule has 0 spiro atoms. The Kier molecular flexibility index (Phi) is 5.63. The molecule has 0 aromatic heterocycles. The second-order valence-corrected chi connectivity index (χ2v) is 7.07. The number of rotatable bonds is 5. The average Bonchev–Trinajstić information content (AvgIpc) is 2.61. The molecule has 1 heterocycles. The Morgan fingerprint density at radius 1 is 0.957 bits per heavy atom. The van der Waals surface area contributed by atoms with E-state index in [1.807, 2.05) is 30.3 Å². The maximum Gasteiger partial charge on any atom is 0.164 e. The summed E-state index contributed by atoms with van der Waals surface area (Å²) in [7, 11) is 0. The molecule has 1 aliphatic rings. The molecule has 1 saturated heterocycles. The monoisotopic (exact) mass is 371 g/mol. The van der Waals surface area contributed by atoms with E-state index in [0.717, 1.165) is 23.1 Å². The summed E-state index contributed by atoms with van der Waals surface area (Å²) in [5.41, 5.74) is 2.05. The van der Waals surface area contributed by atoms with Crippen LogP contribution in [0.4, 0.5) is 0 Å². The number of hydrogen-bond donors (Lipinski definition) is 0. The molecule has 1 atom stereocenters. The van der Waals surface area contributed by atoms with E-state index in [2.05, 4.69) is 45.1 Å². The number of carbonyl (C=O) groups excluding carboxylic acids is 1.